The Bertz CT molecular complexity index is 385. The van der Waals surface area contributed by atoms with Gasteiger partial charge < -0.3 is 0 Å². The van der Waals surface area contributed by atoms with Crippen LogP contribution in [0.4, 0.5) is 0 Å². The first kappa shape index (κ1) is 10.5. The van der Waals surface area contributed by atoms with E-state index in [-0.39, 0.29) is 6.42 Å². The summed E-state index contributed by atoms with van der Waals surface area (Å²) < 4.78 is 0. The molecule has 13 heavy (non-hydrogen) atoms. The molecule has 0 fully saturated rings. The van der Waals surface area contributed by atoms with E-state index in [1.54, 1.807) is 24.3 Å². The summed E-state index contributed by atoms with van der Waals surface area (Å²) in [5.74, 6) is 0. The number of allylic oxidation sites excluding steroid dienone is 1. The van der Waals surface area contributed by atoms with Gasteiger partial charge in [0.05, 0.1) is 36.8 Å². The predicted molar refractivity (Wildman–Crippen MR) is 42.2 cm³/mol. The number of nitriles is 4. The lowest BCUT2D eigenvalue weighted by atomic mass is 9.89. The molecule has 0 aromatic rings. The van der Waals surface area contributed by atoms with Crippen LogP contribution in [0, 0.1) is 50.7 Å². The van der Waals surface area contributed by atoms with Gasteiger partial charge in [-0.05, 0) is 6.08 Å². The maximum atomic E-state index is 8.62. The van der Waals surface area contributed by atoms with Gasteiger partial charge in [-0.2, -0.15) is 21.0 Å². The molecule has 0 aliphatic heterocycles. The summed E-state index contributed by atoms with van der Waals surface area (Å²) >= 11 is 0. The first-order valence-electron chi connectivity index (χ1n) is 3.26. The zero-order valence-corrected chi connectivity index (χ0v) is 6.65. The van der Waals surface area contributed by atoms with Crippen molar-refractivity contribution >= 4 is 0 Å². The largest absolute Gasteiger partial charge is 0.198 e. The third kappa shape index (κ3) is 2.92. The van der Waals surface area contributed by atoms with Crippen molar-refractivity contribution in [1.29, 1.82) is 21.0 Å². The normalized spacial score (nSPS) is 7.69. The van der Waals surface area contributed by atoms with Gasteiger partial charge in [-0.25, -0.2) is 0 Å². The van der Waals surface area contributed by atoms with Crippen molar-refractivity contribution in [2.45, 2.75) is 6.42 Å². The Labute approximate surface area is 75.8 Å². The second-order valence-electron chi connectivity index (χ2n) is 2.11. The smallest absolute Gasteiger partial charge is 0.181 e. The monoisotopic (exact) mass is 168 g/mol. The van der Waals surface area contributed by atoms with Gasteiger partial charge in [-0.3, -0.25) is 0 Å². The molecule has 0 atom stereocenters. The Morgan fingerprint density at radius 3 is 2.08 bits per heavy atom. The van der Waals surface area contributed by atoms with E-state index in [9.17, 15) is 0 Å². The highest BCUT2D eigenvalue weighted by Gasteiger charge is 2.26. The number of hydrogen-bond acceptors (Lipinski definition) is 4. The van der Waals surface area contributed by atoms with Crippen molar-refractivity contribution in [3.8, 4) is 24.3 Å². The van der Waals surface area contributed by atoms with Crippen LogP contribution in [-0.4, -0.2) is 0 Å². The Morgan fingerprint density at radius 2 is 1.69 bits per heavy atom. The van der Waals surface area contributed by atoms with Gasteiger partial charge in [0.1, 0.15) is 0 Å². The second-order valence-corrected chi connectivity index (χ2v) is 2.11. The SMILES string of the molecule is N#CC=C=CC(C#N)(C#N)CC#N. The number of rotatable bonds is 2. The molecule has 0 aromatic heterocycles. The molecule has 0 bridgehead atoms. The molecule has 0 saturated carbocycles. The van der Waals surface area contributed by atoms with E-state index < -0.39 is 5.41 Å². The van der Waals surface area contributed by atoms with Crippen molar-refractivity contribution in [3.63, 3.8) is 0 Å². The Hall–Kier alpha value is -2.52. The third-order valence-electron chi connectivity index (χ3n) is 1.23. The van der Waals surface area contributed by atoms with E-state index in [1.165, 1.54) is 0 Å². The fourth-order valence-electron chi connectivity index (χ4n) is 0.566. The molecule has 0 N–H and O–H groups in total. The summed E-state index contributed by atoms with van der Waals surface area (Å²) in [6, 6.07) is 6.77. The minimum Gasteiger partial charge on any atom is -0.198 e. The molecular weight excluding hydrogens is 164 g/mol. The predicted octanol–water partition coefficient (Wildman–Crippen LogP) is 1.17. The Kier molecular flexibility index (Phi) is 4.17. The molecule has 4 heteroatoms. The van der Waals surface area contributed by atoms with Crippen molar-refractivity contribution < 1.29 is 0 Å². The number of nitrogens with zero attached hydrogens (tertiary/aromatic N) is 4. The molecule has 0 saturated heterocycles. The van der Waals surface area contributed by atoms with Gasteiger partial charge in [0.25, 0.3) is 0 Å². The van der Waals surface area contributed by atoms with E-state index in [0.29, 0.717) is 0 Å². The van der Waals surface area contributed by atoms with Gasteiger partial charge in [0.15, 0.2) is 5.41 Å². The first-order chi connectivity index (χ1) is 6.24. The molecule has 0 heterocycles. The molecular formula is C9H4N4. The van der Waals surface area contributed by atoms with E-state index in [1.807, 2.05) is 0 Å². The Balaban J connectivity index is 5.00. The quantitative estimate of drug-likeness (QED) is 0.456. The highest BCUT2D eigenvalue weighted by Crippen LogP contribution is 2.20. The third-order valence-corrected chi connectivity index (χ3v) is 1.23. The topological polar surface area (TPSA) is 95.2 Å². The summed E-state index contributed by atoms with van der Waals surface area (Å²) in [5.41, 5.74) is 0.871. The zero-order valence-electron chi connectivity index (χ0n) is 6.65. The fraction of sp³-hybridized carbons (Fsp3) is 0.222. The van der Waals surface area contributed by atoms with Crippen molar-refractivity contribution in [1.82, 2.24) is 0 Å². The zero-order chi connectivity index (χ0) is 10.2. The van der Waals surface area contributed by atoms with Crippen molar-refractivity contribution in [2.75, 3.05) is 0 Å². The van der Waals surface area contributed by atoms with Crippen LogP contribution in [0.5, 0.6) is 0 Å². The highest BCUT2D eigenvalue weighted by atomic mass is 14.4. The average molecular weight is 168 g/mol. The van der Waals surface area contributed by atoms with Crippen LogP contribution < -0.4 is 0 Å². The second kappa shape index (κ2) is 5.17. The lowest BCUT2D eigenvalue weighted by Crippen LogP contribution is -2.10. The van der Waals surface area contributed by atoms with Crippen LogP contribution in [0.3, 0.4) is 0 Å². The summed E-state index contributed by atoms with van der Waals surface area (Å²) in [6.07, 6.45) is 1.91. The van der Waals surface area contributed by atoms with Gasteiger partial charge in [0, 0.05) is 0 Å². The first-order valence-corrected chi connectivity index (χ1v) is 3.26. The van der Waals surface area contributed by atoms with E-state index in [0.717, 1.165) is 12.2 Å². The van der Waals surface area contributed by atoms with Gasteiger partial charge in [-0.1, -0.05) is 0 Å². The molecule has 0 aliphatic rings. The molecule has 60 valence electrons. The summed E-state index contributed by atoms with van der Waals surface area (Å²) in [4.78, 5) is 0. The summed E-state index contributed by atoms with van der Waals surface area (Å²) in [7, 11) is 0. The highest BCUT2D eigenvalue weighted by molar-refractivity contribution is 5.26. The van der Waals surface area contributed by atoms with Crippen LogP contribution in [0.25, 0.3) is 0 Å². The van der Waals surface area contributed by atoms with E-state index in [4.69, 9.17) is 21.0 Å². The van der Waals surface area contributed by atoms with Crippen LogP contribution in [0.1, 0.15) is 6.42 Å². The summed E-state index contributed by atoms with van der Waals surface area (Å²) in [5, 5.41) is 33.7. The molecule has 0 unspecified atom stereocenters. The maximum Gasteiger partial charge on any atom is 0.181 e. The van der Waals surface area contributed by atoms with E-state index >= 15 is 0 Å². The van der Waals surface area contributed by atoms with Crippen LogP contribution in [0.2, 0.25) is 0 Å². The molecule has 0 radical (unpaired) electrons. The van der Waals surface area contributed by atoms with Crippen LogP contribution >= 0.6 is 0 Å². The van der Waals surface area contributed by atoms with E-state index in [2.05, 4.69) is 5.73 Å². The van der Waals surface area contributed by atoms with Crippen LogP contribution in [-0.2, 0) is 0 Å². The minimum absolute atomic E-state index is 0.230. The van der Waals surface area contributed by atoms with Gasteiger partial charge in [0.2, 0.25) is 0 Å². The lowest BCUT2D eigenvalue weighted by Gasteiger charge is -2.04. The molecule has 0 aromatic carbocycles. The fourth-order valence-corrected chi connectivity index (χ4v) is 0.566. The van der Waals surface area contributed by atoms with Gasteiger partial charge >= 0.3 is 0 Å². The van der Waals surface area contributed by atoms with Crippen molar-refractivity contribution in [2.24, 2.45) is 5.41 Å². The molecule has 0 aliphatic carbocycles. The lowest BCUT2D eigenvalue weighted by molar-refractivity contribution is 0.684. The maximum absolute atomic E-state index is 8.62. The van der Waals surface area contributed by atoms with Crippen LogP contribution in [0.15, 0.2) is 17.9 Å². The molecule has 4 nitrogen and oxygen atoms in total. The number of hydrogen-bond donors (Lipinski definition) is 0. The average Bonchev–Trinajstić information content (AvgIpc) is 2.17. The molecule has 0 amide bonds. The Morgan fingerprint density at radius 1 is 1.08 bits per heavy atom. The standard InChI is InChI=1S/C9H4N4/c10-5-2-1-3-9(7-12,8-13)4-6-11/h2-3H,4H2. The molecule has 0 spiro atoms. The summed E-state index contributed by atoms with van der Waals surface area (Å²) in [6.45, 7) is 0. The van der Waals surface area contributed by atoms with Gasteiger partial charge in [-0.15, -0.1) is 5.73 Å². The molecule has 0 rings (SSSR count). The minimum atomic E-state index is -1.48. The van der Waals surface area contributed by atoms with Crippen molar-refractivity contribution in [3.05, 3.63) is 17.9 Å².